The molecule has 0 aliphatic carbocycles. The van der Waals surface area contributed by atoms with Crippen LogP contribution in [0.5, 0.6) is 0 Å². The lowest BCUT2D eigenvalue weighted by Crippen LogP contribution is -1.94. The monoisotopic (exact) mass is 409 g/mol. The van der Waals surface area contributed by atoms with Gasteiger partial charge in [-0.3, -0.25) is 0 Å². The summed E-state index contributed by atoms with van der Waals surface area (Å²) in [5.41, 5.74) is 8.85. The van der Waals surface area contributed by atoms with Crippen LogP contribution < -0.4 is 5.73 Å². The molecular weight excluding hydrogens is 401 g/mol. The van der Waals surface area contributed by atoms with Crippen molar-refractivity contribution in [1.82, 2.24) is 9.78 Å². The Balaban J connectivity index is 2.05. The minimum absolute atomic E-state index is 0.315. The van der Waals surface area contributed by atoms with Crippen molar-refractivity contribution in [3.05, 3.63) is 63.4 Å². The van der Waals surface area contributed by atoms with Crippen molar-refractivity contribution >= 4 is 37.5 Å². The minimum atomic E-state index is -0.315. The second-order valence-electron chi connectivity index (χ2n) is 4.48. The molecule has 0 saturated carbocycles. The summed E-state index contributed by atoms with van der Waals surface area (Å²) < 4.78 is 16.4. The number of nitrogen functional groups attached to an aromatic ring is 1. The van der Waals surface area contributed by atoms with E-state index >= 15 is 0 Å². The second kappa shape index (κ2) is 5.61. The highest BCUT2D eigenvalue weighted by molar-refractivity contribution is 9.10. The molecule has 6 heteroatoms. The van der Waals surface area contributed by atoms with Crippen LogP contribution in [0.2, 0.25) is 0 Å². The standard InChI is InChI=1S/C15H10Br2FN3/c16-10-2-4-11(5-3-10)21-8-14(19)15(20-21)9-1-6-13(18)12(17)7-9/h1-8H,19H2. The van der Waals surface area contributed by atoms with Gasteiger partial charge in [0.05, 0.1) is 22.0 Å². The van der Waals surface area contributed by atoms with Gasteiger partial charge in [0.2, 0.25) is 0 Å². The van der Waals surface area contributed by atoms with Crippen molar-refractivity contribution < 1.29 is 4.39 Å². The first kappa shape index (κ1) is 14.3. The number of nitrogens with two attached hydrogens (primary N) is 1. The van der Waals surface area contributed by atoms with Crippen molar-refractivity contribution in [2.75, 3.05) is 5.73 Å². The van der Waals surface area contributed by atoms with Crippen LogP contribution >= 0.6 is 31.9 Å². The maximum atomic E-state index is 13.3. The number of halogens is 3. The molecule has 21 heavy (non-hydrogen) atoms. The van der Waals surface area contributed by atoms with Crippen molar-refractivity contribution in [2.45, 2.75) is 0 Å². The normalized spacial score (nSPS) is 10.8. The third-order valence-electron chi connectivity index (χ3n) is 3.03. The Bertz CT molecular complexity index is 797. The van der Waals surface area contributed by atoms with E-state index < -0.39 is 0 Å². The summed E-state index contributed by atoms with van der Waals surface area (Å²) in [4.78, 5) is 0. The van der Waals surface area contributed by atoms with Crippen molar-refractivity contribution in [2.24, 2.45) is 0 Å². The first-order valence-electron chi connectivity index (χ1n) is 6.11. The SMILES string of the molecule is Nc1cn(-c2ccc(Br)cc2)nc1-c1ccc(F)c(Br)c1. The molecule has 0 spiro atoms. The van der Waals surface area contributed by atoms with Gasteiger partial charge in [-0.2, -0.15) is 5.10 Å². The smallest absolute Gasteiger partial charge is 0.137 e. The number of hydrogen-bond acceptors (Lipinski definition) is 2. The third kappa shape index (κ3) is 2.87. The maximum absolute atomic E-state index is 13.3. The minimum Gasteiger partial charge on any atom is -0.396 e. The molecule has 1 heterocycles. The zero-order chi connectivity index (χ0) is 15.0. The highest BCUT2D eigenvalue weighted by Crippen LogP contribution is 2.29. The van der Waals surface area contributed by atoms with Gasteiger partial charge < -0.3 is 5.73 Å². The van der Waals surface area contributed by atoms with Crippen molar-refractivity contribution in [1.29, 1.82) is 0 Å². The fraction of sp³-hybridized carbons (Fsp3) is 0. The molecular formula is C15H10Br2FN3. The summed E-state index contributed by atoms with van der Waals surface area (Å²) >= 11 is 6.57. The average Bonchev–Trinajstić information content (AvgIpc) is 2.85. The maximum Gasteiger partial charge on any atom is 0.137 e. The Kier molecular flexibility index (Phi) is 3.82. The molecule has 3 aromatic rings. The first-order chi connectivity index (χ1) is 10.0. The molecule has 0 aliphatic heterocycles. The molecule has 2 aromatic carbocycles. The van der Waals surface area contributed by atoms with Crippen LogP contribution in [0.1, 0.15) is 0 Å². The lowest BCUT2D eigenvalue weighted by Gasteiger charge is -2.02. The highest BCUT2D eigenvalue weighted by Gasteiger charge is 2.11. The molecule has 0 bridgehead atoms. The van der Waals surface area contributed by atoms with Crippen molar-refractivity contribution in [3.63, 3.8) is 0 Å². The molecule has 3 rings (SSSR count). The first-order valence-corrected chi connectivity index (χ1v) is 7.70. The van der Waals surface area contributed by atoms with E-state index in [-0.39, 0.29) is 5.82 Å². The zero-order valence-electron chi connectivity index (χ0n) is 10.7. The number of hydrogen-bond donors (Lipinski definition) is 1. The van der Waals surface area contributed by atoms with Gasteiger partial charge in [0, 0.05) is 10.0 Å². The second-order valence-corrected chi connectivity index (χ2v) is 6.25. The third-order valence-corrected chi connectivity index (χ3v) is 4.16. The summed E-state index contributed by atoms with van der Waals surface area (Å²) in [5.74, 6) is -0.315. The zero-order valence-corrected chi connectivity index (χ0v) is 13.9. The van der Waals surface area contributed by atoms with Gasteiger partial charge in [0.25, 0.3) is 0 Å². The summed E-state index contributed by atoms with van der Waals surface area (Å²) in [6, 6.07) is 12.4. The Morgan fingerprint density at radius 3 is 2.43 bits per heavy atom. The molecule has 0 radical (unpaired) electrons. The number of anilines is 1. The number of rotatable bonds is 2. The number of aromatic nitrogens is 2. The molecule has 2 N–H and O–H groups in total. The van der Waals surface area contributed by atoms with E-state index in [0.29, 0.717) is 15.9 Å². The fourth-order valence-corrected chi connectivity index (χ4v) is 2.62. The van der Waals surface area contributed by atoms with Gasteiger partial charge in [-0.1, -0.05) is 15.9 Å². The van der Waals surface area contributed by atoms with E-state index in [2.05, 4.69) is 37.0 Å². The summed E-state index contributed by atoms with van der Waals surface area (Å²) in [6.45, 7) is 0. The molecule has 106 valence electrons. The predicted octanol–water partition coefficient (Wildman–Crippen LogP) is 4.79. The average molecular weight is 411 g/mol. The van der Waals surface area contributed by atoms with E-state index in [0.717, 1.165) is 15.7 Å². The Labute approximate surface area is 137 Å². The quantitative estimate of drug-likeness (QED) is 0.660. The molecule has 0 amide bonds. The van der Waals surface area contributed by atoms with E-state index in [4.69, 9.17) is 5.73 Å². The molecule has 0 aliphatic rings. The topological polar surface area (TPSA) is 43.8 Å². The Morgan fingerprint density at radius 2 is 1.76 bits per heavy atom. The number of benzene rings is 2. The summed E-state index contributed by atoms with van der Waals surface area (Å²) in [5, 5.41) is 4.48. The van der Waals surface area contributed by atoms with E-state index in [1.807, 2.05) is 24.3 Å². The molecule has 0 saturated heterocycles. The van der Waals surface area contributed by atoms with Gasteiger partial charge in [-0.15, -0.1) is 0 Å². The van der Waals surface area contributed by atoms with Gasteiger partial charge >= 0.3 is 0 Å². The molecule has 3 nitrogen and oxygen atoms in total. The summed E-state index contributed by atoms with van der Waals surface area (Å²) in [7, 11) is 0. The lowest BCUT2D eigenvalue weighted by molar-refractivity contribution is 0.621. The molecule has 1 aromatic heterocycles. The summed E-state index contributed by atoms with van der Waals surface area (Å²) in [6.07, 6.45) is 1.75. The lowest BCUT2D eigenvalue weighted by atomic mass is 10.1. The predicted molar refractivity (Wildman–Crippen MR) is 88.8 cm³/mol. The van der Waals surface area contributed by atoms with Crippen LogP contribution in [-0.2, 0) is 0 Å². The van der Waals surface area contributed by atoms with Gasteiger partial charge in [-0.25, -0.2) is 9.07 Å². The van der Waals surface area contributed by atoms with Crippen LogP contribution in [0.15, 0.2) is 57.6 Å². The van der Waals surface area contributed by atoms with Crippen LogP contribution in [0.25, 0.3) is 16.9 Å². The molecule has 0 unspecified atom stereocenters. The molecule has 0 atom stereocenters. The highest BCUT2D eigenvalue weighted by atomic mass is 79.9. The van der Waals surface area contributed by atoms with Crippen LogP contribution in [0.4, 0.5) is 10.1 Å². The van der Waals surface area contributed by atoms with E-state index in [9.17, 15) is 4.39 Å². The van der Waals surface area contributed by atoms with Crippen LogP contribution in [-0.4, -0.2) is 9.78 Å². The van der Waals surface area contributed by atoms with Crippen molar-refractivity contribution in [3.8, 4) is 16.9 Å². The Hall–Kier alpha value is -1.66. The largest absolute Gasteiger partial charge is 0.396 e. The Morgan fingerprint density at radius 1 is 1.05 bits per heavy atom. The van der Waals surface area contributed by atoms with E-state index in [1.54, 1.807) is 23.0 Å². The van der Waals surface area contributed by atoms with Crippen LogP contribution in [0.3, 0.4) is 0 Å². The van der Waals surface area contributed by atoms with E-state index in [1.165, 1.54) is 6.07 Å². The van der Waals surface area contributed by atoms with Gasteiger partial charge in [-0.05, 0) is 58.4 Å². The molecule has 0 fully saturated rings. The fourth-order valence-electron chi connectivity index (χ4n) is 1.98. The van der Waals surface area contributed by atoms with Crippen LogP contribution in [0, 0.1) is 5.82 Å². The van der Waals surface area contributed by atoms with Gasteiger partial charge in [0.15, 0.2) is 0 Å². The number of nitrogens with zero attached hydrogens (tertiary/aromatic N) is 2. The van der Waals surface area contributed by atoms with Gasteiger partial charge in [0.1, 0.15) is 11.5 Å².